The van der Waals surface area contributed by atoms with Gasteiger partial charge in [-0.15, -0.1) is 0 Å². The van der Waals surface area contributed by atoms with E-state index >= 15 is 0 Å². The van der Waals surface area contributed by atoms with Crippen LogP contribution in [0.3, 0.4) is 0 Å². The molecule has 254 valence electrons. The van der Waals surface area contributed by atoms with Crippen LogP contribution in [0.15, 0.2) is 176 Å². The van der Waals surface area contributed by atoms with Crippen molar-refractivity contribution < 1.29 is 0 Å². The Morgan fingerprint density at radius 3 is 1.83 bits per heavy atom. The monoisotopic (exact) mass is 690 g/mol. The lowest BCUT2D eigenvalue weighted by atomic mass is 9.98. The van der Waals surface area contributed by atoms with Gasteiger partial charge in [-0.1, -0.05) is 109 Å². The minimum Gasteiger partial charge on any atom is -0.313 e. The average molecular weight is 691 g/mol. The maximum atomic E-state index is 5.11. The van der Waals surface area contributed by atoms with E-state index in [-0.39, 0.29) is 0 Å². The second kappa shape index (κ2) is 12.3. The summed E-state index contributed by atoms with van der Waals surface area (Å²) in [6, 6.07) is 60.7. The van der Waals surface area contributed by atoms with E-state index in [1.807, 2.05) is 18.2 Å². The molecular weight excluding hydrogens is 657 g/mol. The Kier molecular flexibility index (Phi) is 6.96. The quantitative estimate of drug-likeness (QED) is 0.180. The molecule has 1 aliphatic rings. The number of nitrogens with zero attached hydrogens (tertiary/aromatic N) is 4. The molecule has 4 nitrogen and oxygen atoms in total. The van der Waals surface area contributed by atoms with Crippen LogP contribution in [0.2, 0.25) is 0 Å². The minimum absolute atomic E-state index is 0.721. The van der Waals surface area contributed by atoms with Crippen molar-refractivity contribution in [1.29, 1.82) is 0 Å². The lowest BCUT2D eigenvalue weighted by molar-refractivity contribution is 0.888. The maximum Gasteiger partial charge on any atom is 0.160 e. The van der Waals surface area contributed by atoms with Crippen molar-refractivity contribution in [2.75, 3.05) is 0 Å². The van der Waals surface area contributed by atoms with Gasteiger partial charge in [0.25, 0.3) is 0 Å². The number of allylic oxidation sites excluding steroid dienone is 1. The molecule has 0 fully saturated rings. The number of rotatable bonds is 5. The molecule has 54 heavy (non-hydrogen) atoms. The molecule has 3 aromatic heterocycles. The van der Waals surface area contributed by atoms with E-state index in [2.05, 4.69) is 173 Å². The molecule has 4 heteroatoms. The highest BCUT2D eigenvalue weighted by atomic mass is 15.0. The summed E-state index contributed by atoms with van der Waals surface area (Å²) in [5.41, 5.74) is 15.1. The highest BCUT2D eigenvalue weighted by Crippen LogP contribution is 2.39. The fourth-order valence-corrected chi connectivity index (χ4v) is 8.49. The molecule has 10 aromatic rings. The molecule has 11 rings (SSSR count). The number of para-hydroxylation sites is 3. The summed E-state index contributed by atoms with van der Waals surface area (Å²) in [5.74, 6) is 0.721. The number of benzene rings is 7. The van der Waals surface area contributed by atoms with Gasteiger partial charge in [-0.25, -0.2) is 9.97 Å². The first-order chi connectivity index (χ1) is 26.8. The van der Waals surface area contributed by atoms with Gasteiger partial charge < -0.3 is 9.13 Å². The first kappa shape index (κ1) is 30.6. The highest BCUT2D eigenvalue weighted by molar-refractivity contribution is 6.11. The summed E-state index contributed by atoms with van der Waals surface area (Å²) in [7, 11) is 0. The van der Waals surface area contributed by atoms with Crippen molar-refractivity contribution in [3.63, 3.8) is 0 Å². The van der Waals surface area contributed by atoms with Gasteiger partial charge >= 0.3 is 0 Å². The van der Waals surface area contributed by atoms with Crippen LogP contribution in [0.5, 0.6) is 0 Å². The number of hydrogen-bond donors (Lipinski definition) is 0. The fourth-order valence-electron chi connectivity index (χ4n) is 8.49. The second-order valence-electron chi connectivity index (χ2n) is 14.1. The van der Waals surface area contributed by atoms with Crippen LogP contribution in [0, 0.1) is 0 Å². The van der Waals surface area contributed by atoms with Gasteiger partial charge in [0.1, 0.15) is 0 Å². The topological polar surface area (TPSA) is 35.6 Å². The Balaban J connectivity index is 1.01. The molecule has 0 bridgehead atoms. The third-order valence-corrected chi connectivity index (χ3v) is 11.0. The molecule has 0 saturated carbocycles. The van der Waals surface area contributed by atoms with E-state index in [9.17, 15) is 0 Å². The van der Waals surface area contributed by atoms with Gasteiger partial charge in [0.15, 0.2) is 5.82 Å². The normalized spacial score (nSPS) is 12.6. The van der Waals surface area contributed by atoms with E-state index in [1.165, 1.54) is 60.8 Å². The van der Waals surface area contributed by atoms with Gasteiger partial charge in [0.2, 0.25) is 0 Å². The first-order valence-electron chi connectivity index (χ1n) is 18.6. The van der Waals surface area contributed by atoms with Crippen molar-refractivity contribution in [2.24, 2.45) is 0 Å². The lowest BCUT2D eigenvalue weighted by Crippen LogP contribution is -2.02. The molecular formula is C50H34N4. The van der Waals surface area contributed by atoms with Crippen LogP contribution < -0.4 is 0 Å². The average Bonchev–Trinajstić information content (AvgIpc) is 3.76. The molecule has 3 heterocycles. The van der Waals surface area contributed by atoms with Crippen molar-refractivity contribution in [3.8, 4) is 45.1 Å². The number of fused-ring (bicyclic) bond motifs is 7. The minimum atomic E-state index is 0.721. The maximum absolute atomic E-state index is 5.11. The molecule has 0 radical (unpaired) electrons. The molecule has 0 amide bonds. The molecule has 0 N–H and O–H groups in total. The van der Waals surface area contributed by atoms with Gasteiger partial charge in [-0.3, -0.25) is 0 Å². The van der Waals surface area contributed by atoms with Gasteiger partial charge in [0, 0.05) is 55.3 Å². The second-order valence-corrected chi connectivity index (χ2v) is 14.1. The van der Waals surface area contributed by atoms with Crippen molar-refractivity contribution in [3.05, 3.63) is 187 Å². The number of hydrogen-bond acceptors (Lipinski definition) is 2. The summed E-state index contributed by atoms with van der Waals surface area (Å²) in [4.78, 5) is 10.1. The predicted molar refractivity (Wildman–Crippen MR) is 224 cm³/mol. The van der Waals surface area contributed by atoms with Gasteiger partial charge in [-0.05, 0) is 96.8 Å². The number of aromatic nitrogens is 4. The van der Waals surface area contributed by atoms with E-state index in [1.54, 1.807) is 0 Å². The summed E-state index contributed by atoms with van der Waals surface area (Å²) >= 11 is 0. The molecule has 1 aliphatic carbocycles. The lowest BCUT2D eigenvalue weighted by Gasteiger charge is -2.13. The first-order valence-corrected chi connectivity index (χ1v) is 18.6. The van der Waals surface area contributed by atoms with Crippen LogP contribution in [0.1, 0.15) is 17.7 Å². The fraction of sp³-hybridized carbons (Fsp3) is 0.0400. The summed E-state index contributed by atoms with van der Waals surface area (Å²) in [6.07, 6.45) is 6.74. The molecule has 0 unspecified atom stereocenters. The van der Waals surface area contributed by atoms with Crippen LogP contribution in [-0.2, 0) is 6.42 Å². The molecule has 7 aromatic carbocycles. The van der Waals surface area contributed by atoms with Gasteiger partial charge in [-0.2, -0.15) is 0 Å². The zero-order chi connectivity index (χ0) is 35.6. The predicted octanol–water partition coefficient (Wildman–Crippen LogP) is 12.6. The summed E-state index contributed by atoms with van der Waals surface area (Å²) in [5, 5.41) is 4.83. The molecule has 0 saturated heterocycles. The van der Waals surface area contributed by atoms with E-state index in [0.29, 0.717) is 0 Å². The van der Waals surface area contributed by atoms with E-state index in [4.69, 9.17) is 9.97 Å². The largest absolute Gasteiger partial charge is 0.313 e. The summed E-state index contributed by atoms with van der Waals surface area (Å²) < 4.78 is 4.83. The van der Waals surface area contributed by atoms with Gasteiger partial charge in [0.05, 0.1) is 27.8 Å². The zero-order valence-electron chi connectivity index (χ0n) is 29.5. The SMILES string of the molecule is C1=Cc2c(n(-c3ccccc3)c3ccc(-c4ccc5c(c4)c4ccccc4n5-c4ccc(-c5nc(-c6ccccc6)c6ccccc6n5)cc4)cc23)CC1. The molecule has 0 atom stereocenters. The van der Waals surface area contributed by atoms with E-state index < -0.39 is 0 Å². The Labute approximate surface area is 312 Å². The Morgan fingerprint density at radius 1 is 0.426 bits per heavy atom. The van der Waals surface area contributed by atoms with Crippen LogP contribution in [0.4, 0.5) is 0 Å². The highest BCUT2D eigenvalue weighted by Gasteiger charge is 2.20. The zero-order valence-corrected chi connectivity index (χ0v) is 29.5. The Morgan fingerprint density at radius 2 is 1.04 bits per heavy atom. The Bertz CT molecular complexity index is 3080. The van der Waals surface area contributed by atoms with Crippen LogP contribution >= 0.6 is 0 Å². The third-order valence-electron chi connectivity index (χ3n) is 11.0. The van der Waals surface area contributed by atoms with Crippen molar-refractivity contribution >= 4 is 49.7 Å². The third kappa shape index (κ3) is 4.84. The van der Waals surface area contributed by atoms with Crippen LogP contribution in [0.25, 0.3) is 94.8 Å². The summed E-state index contributed by atoms with van der Waals surface area (Å²) in [6.45, 7) is 0. The van der Waals surface area contributed by atoms with E-state index in [0.717, 1.165) is 52.1 Å². The van der Waals surface area contributed by atoms with Crippen molar-refractivity contribution in [2.45, 2.75) is 12.8 Å². The standard InChI is InChI=1S/C50H34N4/c1-3-13-33(14-4-1)49-41-19-7-10-20-44(41)51-50(52-49)34-23-27-38(28-24-34)54-46-22-12-9-18-40(46)43-32-36(26-30-48(43)54)35-25-29-47-42(31-35)39-17-8-11-21-45(39)53(47)37-15-5-2-6-16-37/h1-10,12-20,22-32H,11,21H2. The smallest absolute Gasteiger partial charge is 0.160 e. The van der Waals surface area contributed by atoms with Crippen molar-refractivity contribution in [1.82, 2.24) is 19.1 Å². The van der Waals surface area contributed by atoms with Crippen LogP contribution in [-0.4, -0.2) is 19.1 Å². The molecule has 0 aliphatic heterocycles. The Hall–Kier alpha value is -7.04. The molecule has 0 spiro atoms.